The number of rotatable bonds is 3. The third-order valence-electron chi connectivity index (χ3n) is 3.26. The van der Waals surface area contributed by atoms with E-state index in [-0.39, 0.29) is 0 Å². The molecule has 1 aliphatic rings. The summed E-state index contributed by atoms with van der Waals surface area (Å²) in [5.74, 6) is 0. The van der Waals surface area contributed by atoms with Crippen LogP contribution in [0.3, 0.4) is 0 Å². The van der Waals surface area contributed by atoms with Gasteiger partial charge in [-0.25, -0.2) is 0 Å². The molecule has 0 spiro atoms. The second kappa shape index (κ2) is 5.25. The molecule has 2 unspecified atom stereocenters. The summed E-state index contributed by atoms with van der Waals surface area (Å²) in [5, 5.41) is 4.00. The molecule has 0 radical (unpaired) electrons. The molecule has 0 aliphatic carbocycles. The van der Waals surface area contributed by atoms with E-state index >= 15 is 0 Å². The van der Waals surface area contributed by atoms with E-state index in [1.54, 1.807) is 11.3 Å². The molecule has 94 valence electrons. The summed E-state index contributed by atoms with van der Waals surface area (Å²) in [4.78, 5) is 2.75. The molecule has 0 amide bonds. The van der Waals surface area contributed by atoms with Gasteiger partial charge in [-0.2, -0.15) is 0 Å². The van der Waals surface area contributed by atoms with Crippen LogP contribution in [-0.4, -0.2) is 12.3 Å². The molecule has 1 nitrogen and oxygen atoms in total. The second-order valence-electron chi connectivity index (χ2n) is 4.38. The molecule has 0 saturated carbocycles. The van der Waals surface area contributed by atoms with E-state index in [1.165, 1.54) is 15.3 Å². The van der Waals surface area contributed by atoms with Gasteiger partial charge in [-0.3, -0.25) is 0 Å². The van der Waals surface area contributed by atoms with Crippen molar-refractivity contribution in [3.8, 4) is 0 Å². The molecule has 1 aromatic heterocycles. The Balaban J connectivity index is 1.83. The first-order valence-corrected chi connectivity index (χ1v) is 8.02. The number of halogens is 1. The van der Waals surface area contributed by atoms with E-state index in [9.17, 15) is 0 Å². The van der Waals surface area contributed by atoms with Crippen LogP contribution in [0.25, 0.3) is 0 Å². The maximum atomic E-state index is 6.04. The van der Waals surface area contributed by atoms with Crippen LogP contribution < -0.4 is 5.32 Å². The predicted molar refractivity (Wildman–Crippen MR) is 80.9 cm³/mol. The van der Waals surface area contributed by atoms with Crippen molar-refractivity contribution in [3.63, 3.8) is 0 Å². The summed E-state index contributed by atoms with van der Waals surface area (Å²) in [6.45, 7) is 0. The molecule has 0 saturated heterocycles. The highest BCUT2D eigenvalue weighted by Gasteiger charge is 2.30. The summed E-state index contributed by atoms with van der Waals surface area (Å²) >= 11 is 9.69. The van der Waals surface area contributed by atoms with Crippen molar-refractivity contribution in [2.75, 3.05) is 7.05 Å². The molecule has 1 N–H and O–H groups in total. The van der Waals surface area contributed by atoms with Crippen LogP contribution >= 0.6 is 34.7 Å². The lowest BCUT2D eigenvalue weighted by molar-refractivity contribution is 0.577. The standard InChI is InChI=1S/C14H14ClNS2/c1-16-14(11-6-7-13(15)18-11)12-8-9-4-2-3-5-10(9)17-12/h2-7,12,14,16H,8H2,1H3. The summed E-state index contributed by atoms with van der Waals surface area (Å²) in [5.41, 5.74) is 1.47. The van der Waals surface area contributed by atoms with Gasteiger partial charge in [-0.15, -0.1) is 23.1 Å². The van der Waals surface area contributed by atoms with Gasteiger partial charge in [0, 0.05) is 15.0 Å². The van der Waals surface area contributed by atoms with E-state index in [0.717, 1.165) is 10.8 Å². The molecule has 2 aromatic rings. The van der Waals surface area contributed by atoms with Crippen LogP contribution in [-0.2, 0) is 6.42 Å². The lowest BCUT2D eigenvalue weighted by Crippen LogP contribution is -2.26. The minimum absolute atomic E-state index is 0.375. The molecule has 2 heterocycles. The van der Waals surface area contributed by atoms with E-state index in [4.69, 9.17) is 11.6 Å². The van der Waals surface area contributed by atoms with Crippen molar-refractivity contribution in [3.05, 3.63) is 51.2 Å². The first kappa shape index (κ1) is 12.5. The Morgan fingerprint density at radius 3 is 2.78 bits per heavy atom. The topological polar surface area (TPSA) is 12.0 Å². The van der Waals surface area contributed by atoms with Crippen molar-refractivity contribution < 1.29 is 0 Å². The molecule has 18 heavy (non-hydrogen) atoms. The Morgan fingerprint density at radius 1 is 1.28 bits per heavy atom. The zero-order valence-electron chi connectivity index (χ0n) is 10.0. The Hall–Kier alpha value is -0.480. The molecular weight excluding hydrogens is 282 g/mol. The highest BCUT2D eigenvalue weighted by molar-refractivity contribution is 8.00. The van der Waals surface area contributed by atoms with Gasteiger partial charge >= 0.3 is 0 Å². The first-order valence-electron chi connectivity index (χ1n) is 5.95. The highest BCUT2D eigenvalue weighted by Crippen LogP contribution is 2.43. The maximum Gasteiger partial charge on any atom is 0.0931 e. The number of nitrogens with one attached hydrogen (secondary N) is 1. The largest absolute Gasteiger partial charge is 0.311 e. The average molecular weight is 296 g/mol. The Morgan fingerprint density at radius 2 is 2.11 bits per heavy atom. The fourth-order valence-electron chi connectivity index (χ4n) is 2.40. The third kappa shape index (κ3) is 2.32. The molecule has 1 aromatic carbocycles. The van der Waals surface area contributed by atoms with Gasteiger partial charge < -0.3 is 5.32 Å². The van der Waals surface area contributed by atoms with Crippen molar-refractivity contribution >= 4 is 34.7 Å². The number of thioether (sulfide) groups is 1. The fraction of sp³-hybridized carbons (Fsp3) is 0.286. The molecule has 2 atom stereocenters. The van der Waals surface area contributed by atoms with Gasteiger partial charge in [0.15, 0.2) is 0 Å². The van der Waals surface area contributed by atoms with Crippen molar-refractivity contribution in [2.24, 2.45) is 0 Å². The number of fused-ring (bicyclic) bond motifs is 1. The van der Waals surface area contributed by atoms with Gasteiger partial charge in [-0.05, 0) is 37.2 Å². The van der Waals surface area contributed by atoms with Gasteiger partial charge in [0.25, 0.3) is 0 Å². The summed E-state index contributed by atoms with van der Waals surface area (Å²) in [6.07, 6.45) is 1.13. The number of benzene rings is 1. The normalized spacial score (nSPS) is 19.8. The van der Waals surface area contributed by atoms with Gasteiger partial charge in [0.05, 0.1) is 10.4 Å². The smallest absolute Gasteiger partial charge is 0.0931 e. The van der Waals surface area contributed by atoms with E-state index < -0.39 is 0 Å². The summed E-state index contributed by atoms with van der Waals surface area (Å²) in [6, 6.07) is 13.2. The van der Waals surface area contributed by atoms with Crippen LogP contribution in [0.15, 0.2) is 41.3 Å². The monoisotopic (exact) mass is 295 g/mol. The Labute approximate surface area is 121 Å². The lowest BCUT2D eigenvalue weighted by atomic mass is 10.0. The van der Waals surface area contributed by atoms with E-state index in [1.807, 2.05) is 24.9 Å². The average Bonchev–Trinajstić information content (AvgIpc) is 2.96. The van der Waals surface area contributed by atoms with Crippen LogP contribution in [0.5, 0.6) is 0 Å². The fourth-order valence-corrected chi connectivity index (χ4v) is 5.19. The lowest BCUT2D eigenvalue weighted by Gasteiger charge is -2.20. The summed E-state index contributed by atoms with van der Waals surface area (Å²) in [7, 11) is 2.03. The SMILES string of the molecule is CNC(c1ccc(Cl)s1)C1Cc2ccccc2S1. The maximum absolute atomic E-state index is 6.04. The van der Waals surface area contributed by atoms with Crippen LogP contribution in [0.2, 0.25) is 4.34 Å². The minimum Gasteiger partial charge on any atom is -0.311 e. The third-order valence-corrected chi connectivity index (χ3v) is 5.96. The van der Waals surface area contributed by atoms with Crippen molar-refractivity contribution in [2.45, 2.75) is 22.6 Å². The molecular formula is C14H14ClNS2. The zero-order valence-corrected chi connectivity index (χ0v) is 12.4. The second-order valence-corrected chi connectivity index (χ2v) is 7.40. The molecule has 1 aliphatic heterocycles. The predicted octanol–water partition coefficient (Wildman–Crippen LogP) is 4.38. The molecule has 0 fully saturated rings. The van der Waals surface area contributed by atoms with Gasteiger partial charge in [0.2, 0.25) is 0 Å². The van der Waals surface area contributed by atoms with Crippen molar-refractivity contribution in [1.82, 2.24) is 5.32 Å². The minimum atomic E-state index is 0.375. The van der Waals surface area contributed by atoms with Crippen molar-refractivity contribution in [1.29, 1.82) is 0 Å². The van der Waals surface area contributed by atoms with E-state index in [2.05, 4.69) is 35.6 Å². The number of hydrogen-bond acceptors (Lipinski definition) is 3. The molecule has 4 heteroatoms. The Bertz CT molecular complexity index is 527. The Kier molecular flexibility index (Phi) is 3.66. The quantitative estimate of drug-likeness (QED) is 0.902. The molecule has 0 bridgehead atoms. The van der Waals surface area contributed by atoms with E-state index in [0.29, 0.717) is 11.3 Å². The van der Waals surface area contributed by atoms with Crippen LogP contribution in [0.1, 0.15) is 16.5 Å². The van der Waals surface area contributed by atoms with Gasteiger partial charge in [0.1, 0.15) is 0 Å². The zero-order chi connectivity index (χ0) is 12.5. The number of hydrogen-bond donors (Lipinski definition) is 1. The highest BCUT2D eigenvalue weighted by atomic mass is 35.5. The van der Waals surface area contributed by atoms with Gasteiger partial charge in [-0.1, -0.05) is 29.8 Å². The first-order chi connectivity index (χ1) is 8.78. The number of thiophene rings is 1. The van der Waals surface area contributed by atoms with Crippen LogP contribution in [0, 0.1) is 0 Å². The summed E-state index contributed by atoms with van der Waals surface area (Å²) < 4.78 is 0.866. The molecule has 3 rings (SSSR count). The van der Waals surface area contributed by atoms with Crippen LogP contribution in [0.4, 0.5) is 0 Å².